The van der Waals surface area contributed by atoms with Gasteiger partial charge >= 0.3 is 0 Å². The van der Waals surface area contributed by atoms with E-state index in [0.717, 1.165) is 23.2 Å². The van der Waals surface area contributed by atoms with E-state index >= 15 is 0 Å². The van der Waals surface area contributed by atoms with Crippen molar-refractivity contribution in [2.45, 2.75) is 13.1 Å². The number of hydrogen-bond acceptors (Lipinski definition) is 4. The number of rotatable bonds is 5. The largest absolute Gasteiger partial charge is 0.439 e. The normalized spacial score (nSPS) is 11.1. The lowest BCUT2D eigenvalue weighted by atomic mass is 10.1. The van der Waals surface area contributed by atoms with Crippen molar-refractivity contribution in [3.8, 4) is 0 Å². The third-order valence-corrected chi connectivity index (χ3v) is 3.64. The van der Waals surface area contributed by atoms with Gasteiger partial charge in [-0.2, -0.15) is 0 Å². The fraction of sp³-hybridized carbons (Fsp3) is 0.222. The minimum absolute atomic E-state index is 0.0728. The Morgan fingerprint density at radius 2 is 1.87 bits per heavy atom. The highest BCUT2D eigenvalue weighted by Gasteiger charge is 2.09. The van der Waals surface area contributed by atoms with Crippen LogP contribution in [-0.4, -0.2) is 29.9 Å². The predicted octanol–water partition coefficient (Wildman–Crippen LogP) is 2.82. The summed E-state index contributed by atoms with van der Waals surface area (Å²) in [6.07, 6.45) is 0. The number of carbonyl (C=O) groups is 1. The number of carbonyl (C=O) groups excluding carboxylic acids is 1. The van der Waals surface area contributed by atoms with E-state index in [9.17, 15) is 4.79 Å². The van der Waals surface area contributed by atoms with Gasteiger partial charge in [-0.1, -0.05) is 24.3 Å². The number of aromatic nitrogens is 1. The molecule has 1 N–H and O–H groups in total. The van der Waals surface area contributed by atoms with Crippen LogP contribution in [0.2, 0.25) is 0 Å². The van der Waals surface area contributed by atoms with Gasteiger partial charge in [0.25, 0.3) is 5.91 Å². The molecule has 3 rings (SSSR count). The summed E-state index contributed by atoms with van der Waals surface area (Å²) in [6.45, 7) is 1.39. The molecule has 0 saturated carbocycles. The fourth-order valence-electron chi connectivity index (χ4n) is 2.49. The average Bonchev–Trinajstić information content (AvgIpc) is 2.96. The molecule has 0 bridgehead atoms. The Balaban J connectivity index is 1.64. The summed E-state index contributed by atoms with van der Waals surface area (Å²) in [6, 6.07) is 15.4. The molecule has 5 nitrogen and oxygen atoms in total. The van der Waals surface area contributed by atoms with Crippen LogP contribution in [-0.2, 0) is 13.1 Å². The van der Waals surface area contributed by atoms with Crippen LogP contribution in [0.1, 0.15) is 21.8 Å². The van der Waals surface area contributed by atoms with Gasteiger partial charge in [0.2, 0.25) is 5.89 Å². The van der Waals surface area contributed by atoms with E-state index in [1.807, 2.05) is 55.6 Å². The molecular formula is C18H19N3O2. The summed E-state index contributed by atoms with van der Waals surface area (Å²) in [4.78, 5) is 18.1. The molecule has 0 aliphatic carbocycles. The van der Waals surface area contributed by atoms with Gasteiger partial charge in [-0.3, -0.25) is 9.69 Å². The first-order chi connectivity index (χ1) is 11.2. The number of fused-ring (bicyclic) bond motifs is 1. The van der Waals surface area contributed by atoms with Crippen molar-refractivity contribution in [1.82, 2.24) is 15.2 Å². The lowest BCUT2D eigenvalue weighted by Gasteiger charge is -2.14. The number of benzene rings is 2. The number of para-hydroxylation sites is 2. The molecule has 0 fully saturated rings. The van der Waals surface area contributed by atoms with Gasteiger partial charge < -0.3 is 9.73 Å². The van der Waals surface area contributed by atoms with Crippen molar-refractivity contribution >= 4 is 17.0 Å². The molecule has 1 heterocycles. The molecule has 23 heavy (non-hydrogen) atoms. The molecule has 5 heteroatoms. The Bertz CT molecular complexity index is 776. The standard InChI is InChI=1S/C18H19N3O2/c1-19-18(22)14-9-7-13(8-10-14)11-21(2)12-17-20-15-5-3-4-6-16(15)23-17/h3-10H,11-12H2,1-2H3,(H,19,22). The number of hydrogen-bond donors (Lipinski definition) is 1. The second-order valence-corrected chi connectivity index (χ2v) is 5.52. The second-order valence-electron chi connectivity index (χ2n) is 5.52. The van der Waals surface area contributed by atoms with Crippen molar-refractivity contribution in [3.05, 3.63) is 65.5 Å². The zero-order valence-corrected chi connectivity index (χ0v) is 13.2. The molecule has 0 saturated heterocycles. The van der Waals surface area contributed by atoms with E-state index in [1.165, 1.54) is 0 Å². The molecule has 1 aromatic heterocycles. The first-order valence-corrected chi connectivity index (χ1v) is 7.50. The minimum atomic E-state index is -0.0728. The van der Waals surface area contributed by atoms with E-state index in [-0.39, 0.29) is 5.91 Å². The van der Waals surface area contributed by atoms with Crippen molar-refractivity contribution in [1.29, 1.82) is 0 Å². The Labute approximate surface area is 134 Å². The van der Waals surface area contributed by atoms with Crippen molar-refractivity contribution in [2.75, 3.05) is 14.1 Å². The van der Waals surface area contributed by atoms with Gasteiger partial charge in [0.1, 0.15) is 5.52 Å². The summed E-state index contributed by atoms with van der Waals surface area (Å²) in [7, 11) is 3.64. The highest BCUT2D eigenvalue weighted by atomic mass is 16.3. The molecule has 0 unspecified atom stereocenters. The summed E-state index contributed by atoms with van der Waals surface area (Å²) in [5.74, 6) is 0.632. The molecule has 1 amide bonds. The SMILES string of the molecule is CNC(=O)c1ccc(CN(C)Cc2nc3ccccc3o2)cc1. The Morgan fingerprint density at radius 3 is 2.57 bits per heavy atom. The molecule has 0 spiro atoms. The van der Waals surface area contributed by atoms with Crippen LogP contribution in [0, 0.1) is 0 Å². The fourth-order valence-corrected chi connectivity index (χ4v) is 2.49. The van der Waals surface area contributed by atoms with Gasteiger partial charge in [0.05, 0.1) is 6.54 Å². The molecule has 0 aliphatic rings. The maximum atomic E-state index is 11.5. The van der Waals surface area contributed by atoms with Crippen LogP contribution in [0.15, 0.2) is 52.9 Å². The monoisotopic (exact) mass is 309 g/mol. The number of nitrogens with one attached hydrogen (secondary N) is 1. The van der Waals surface area contributed by atoms with E-state index in [4.69, 9.17) is 4.42 Å². The Kier molecular flexibility index (Phi) is 4.39. The van der Waals surface area contributed by atoms with Gasteiger partial charge in [0, 0.05) is 19.2 Å². The second kappa shape index (κ2) is 6.62. The highest BCUT2D eigenvalue weighted by molar-refractivity contribution is 5.93. The number of amides is 1. The zero-order valence-electron chi connectivity index (χ0n) is 13.2. The summed E-state index contributed by atoms with van der Waals surface area (Å²) in [5.41, 5.74) is 3.49. The lowest BCUT2D eigenvalue weighted by Crippen LogP contribution is -2.19. The molecule has 0 aliphatic heterocycles. The van der Waals surface area contributed by atoms with E-state index in [0.29, 0.717) is 18.0 Å². The van der Waals surface area contributed by atoms with Crippen molar-refractivity contribution in [2.24, 2.45) is 0 Å². The Morgan fingerprint density at radius 1 is 1.13 bits per heavy atom. The van der Waals surface area contributed by atoms with Crippen LogP contribution in [0.3, 0.4) is 0 Å². The van der Waals surface area contributed by atoms with Gasteiger partial charge in [-0.15, -0.1) is 0 Å². The first kappa shape index (κ1) is 15.2. The quantitative estimate of drug-likeness (QED) is 0.787. The van der Waals surface area contributed by atoms with Crippen LogP contribution < -0.4 is 5.32 Å². The summed E-state index contributed by atoms with van der Waals surface area (Å²) in [5, 5.41) is 2.62. The predicted molar refractivity (Wildman–Crippen MR) is 89.0 cm³/mol. The van der Waals surface area contributed by atoms with Crippen LogP contribution in [0.25, 0.3) is 11.1 Å². The van der Waals surface area contributed by atoms with Crippen molar-refractivity contribution < 1.29 is 9.21 Å². The number of oxazole rings is 1. The maximum Gasteiger partial charge on any atom is 0.251 e. The smallest absolute Gasteiger partial charge is 0.251 e. The molecule has 3 aromatic rings. The third kappa shape index (κ3) is 3.57. The van der Waals surface area contributed by atoms with E-state index in [2.05, 4.69) is 15.2 Å². The third-order valence-electron chi connectivity index (χ3n) is 3.64. The summed E-state index contributed by atoms with van der Waals surface area (Å²) < 4.78 is 5.74. The number of nitrogens with zero attached hydrogens (tertiary/aromatic N) is 2. The molecule has 0 radical (unpaired) electrons. The average molecular weight is 309 g/mol. The molecule has 118 valence electrons. The van der Waals surface area contributed by atoms with Gasteiger partial charge in [-0.05, 0) is 36.9 Å². The van der Waals surface area contributed by atoms with Gasteiger partial charge in [0.15, 0.2) is 5.58 Å². The van der Waals surface area contributed by atoms with Crippen LogP contribution >= 0.6 is 0 Å². The maximum absolute atomic E-state index is 11.5. The molecule has 0 atom stereocenters. The summed E-state index contributed by atoms with van der Waals surface area (Å²) >= 11 is 0. The Hall–Kier alpha value is -2.66. The highest BCUT2D eigenvalue weighted by Crippen LogP contribution is 2.16. The lowest BCUT2D eigenvalue weighted by molar-refractivity contribution is 0.0963. The van der Waals surface area contributed by atoms with Crippen molar-refractivity contribution in [3.63, 3.8) is 0 Å². The first-order valence-electron chi connectivity index (χ1n) is 7.50. The topological polar surface area (TPSA) is 58.4 Å². The van der Waals surface area contributed by atoms with E-state index in [1.54, 1.807) is 7.05 Å². The van der Waals surface area contributed by atoms with Gasteiger partial charge in [-0.25, -0.2) is 4.98 Å². The zero-order chi connectivity index (χ0) is 16.2. The van der Waals surface area contributed by atoms with Crippen LogP contribution in [0.4, 0.5) is 0 Å². The van der Waals surface area contributed by atoms with E-state index < -0.39 is 0 Å². The minimum Gasteiger partial charge on any atom is -0.439 e. The molecule has 2 aromatic carbocycles. The molecular weight excluding hydrogens is 290 g/mol. The van der Waals surface area contributed by atoms with Crippen LogP contribution in [0.5, 0.6) is 0 Å².